The molecule has 1 aliphatic rings. The Labute approximate surface area is 208 Å². The Kier molecular flexibility index (Phi) is 6.78. The summed E-state index contributed by atoms with van der Waals surface area (Å²) in [5.74, 6) is -0.743. The number of ether oxygens (including phenoxy) is 1. The Morgan fingerprint density at radius 1 is 1.03 bits per heavy atom. The fourth-order valence-electron chi connectivity index (χ4n) is 4.39. The number of morpholine rings is 1. The Hall–Kier alpha value is -4.41. The largest absolute Gasteiger partial charge is 0.378 e. The van der Waals surface area contributed by atoms with Gasteiger partial charge in [0.15, 0.2) is 0 Å². The summed E-state index contributed by atoms with van der Waals surface area (Å²) >= 11 is 0. The van der Waals surface area contributed by atoms with E-state index in [1.54, 1.807) is 18.2 Å². The molecular formula is C29H25FN4O2. The van der Waals surface area contributed by atoms with Gasteiger partial charge in [-0.15, -0.1) is 0 Å². The first kappa shape index (κ1) is 23.3. The number of fused-ring (bicyclic) bond motifs is 1. The second kappa shape index (κ2) is 10.5. The molecule has 1 aliphatic heterocycles. The third-order valence-electron chi connectivity index (χ3n) is 6.25. The quantitative estimate of drug-likeness (QED) is 0.304. The standard InChI is InChI=1S/C29H25FN4O2/c30-24-7-5-21(6-8-24)19-34-20-23(27-3-1-2-4-28(27)34)17-22(18-31)29(35)32-25-9-11-26(12-10-25)33-13-15-36-16-14-33/h1-12,17,20H,13-16,19H2,(H,32,35)/b22-17+. The maximum atomic E-state index is 13.3. The van der Waals surface area contributed by atoms with Crippen LogP contribution < -0.4 is 10.2 Å². The van der Waals surface area contributed by atoms with Crippen molar-refractivity contribution in [2.24, 2.45) is 0 Å². The van der Waals surface area contributed by atoms with Gasteiger partial charge in [0.1, 0.15) is 17.5 Å². The van der Waals surface area contributed by atoms with Crippen LogP contribution in [-0.4, -0.2) is 36.8 Å². The van der Waals surface area contributed by atoms with Crippen molar-refractivity contribution in [1.29, 1.82) is 5.26 Å². The van der Waals surface area contributed by atoms with E-state index in [-0.39, 0.29) is 11.4 Å². The van der Waals surface area contributed by atoms with Crippen molar-refractivity contribution < 1.29 is 13.9 Å². The van der Waals surface area contributed by atoms with Gasteiger partial charge in [-0.3, -0.25) is 4.79 Å². The minimum Gasteiger partial charge on any atom is -0.378 e. The summed E-state index contributed by atoms with van der Waals surface area (Å²) in [6, 6.07) is 23.8. The number of halogens is 1. The first-order valence-corrected chi connectivity index (χ1v) is 11.8. The van der Waals surface area contributed by atoms with Gasteiger partial charge in [-0.25, -0.2) is 4.39 Å². The molecule has 1 aromatic heterocycles. The monoisotopic (exact) mass is 480 g/mol. The lowest BCUT2D eigenvalue weighted by molar-refractivity contribution is -0.112. The van der Waals surface area contributed by atoms with Crippen LogP contribution in [-0.2, 0) is 16.1 Å². The van der Waals surface area contributed by atoms with Gasteiger partial charge in [0.2, 0.25) is 0 Å². The van der Waals surface area contributed by atoms with Crippen molar-refractivity contribution in [3.8, 4) is 6.07 Å². The predicted molar refractivity (Wildman–Crippen MR) is 139 cm³/mol. The minimum atomic E-state index is -0.466. The van der Waals surface area contributed by atoms with Crippen molar-refractivity contribution in [2.75, 3.05) is 36.5 Å². The molecule has 0 aliphatic carbocycles. The molecule has 5 rings (SSSR count). The third kappa shape index (κ3) is 5.14. The van der Waals surface area contributed by atoms with Gasteiger partial charge in [0.05, 0.1) is 13.2 Å². The molecule has 1 saturated heterocycles. The van der Waals surface area contributed by atoms with Gasteiger partial charge in [0, 0.05) is 53.7 Å². The highest BCUT2D eigenvalue weighted by Gasteiger charge is 2.14. The van der Waals surface area contributed by atoms with E-state index in [0.717, 1.165) is 40.8 Å². The van der Waals surface area contributed by atoms with Gasteiger partial charge in [-0.05, 0) is 54.1 Å². The van der Waals surface area contributed by atoms with E-state index in [9.17, 15) is 14.4 Å². The lowest BCUT2D eigenvalue weighted by atomic mass is 10.1. The number of aromatic nitrogens is 1. The van der Waals surface area contributed by atoms with Crippen LogP contribution in [0.5, 0.6) is 0 Å². The van der Waals surface area contributed by atoms with Gasteiger partial charge in [0.25, 0.3) is 5.91 Å². The molecule has 0 atom stereocenters. The number of hydrogen-bond donors (Lipinski definition) is 1. The van der Waals surface area contributed by atoms with Crippen molar-refractivity contribution in [3.63, 3.8) is 0 Å². The molecule has 36 heavy (non-hydrogen) atoms. The van der Waals surface area contributed by atoms with E-state index < -0.39 is 5.91 Å². The molecule has 1 amide bonds. The van der Waals surface area contributed by atoms with Crippen LogP contribution in [0.1, 0.15) is 11.1 Å². The third-order valence-corrected chi connectivity index (χ3v) is 6.25. The molecule has 6 nitrogen and oxygen atoms in total. The summed E-state index contributed by atoms with van der Waals surface area (Å²) in [5, 5.41) is 13.5. The van der Waals surface area contributed by atoms with E-state index in [1.165, 1.54) is 12.1 Å². The number of carbonyl (C=O) groups is 1. The normalized spacial score (nSPS) is 14.0. The van der Waals surface area contributed by atoms with Crippen LogP contribution in [0, 0.1) is 17.1 Å². The van der Waals surface area contributed by atoms with Crippen molar-refractivity contribution in [2.45, 2.75) is 6.54 Å². The molecule has 180 valence electrons. The Balaban J connectivity index is 1.36. The highest BCUT2D eigenvalue weighted by atomic mass is 19.1. The van der Waals surface area contributed by atoms with Crippen LogP contribution in [0.4, 0.5) is 15.8 Å². The summed E-state index contributed by atoms with van der Waals surface area (Å²) in [6.45, 7) is 3.62. The van der Waals surface area contributed by atoms with Gasteiger partial charge in [-0.1, -0.05) is 30.3 Å². The molecule has 2 heterocycles. The number of rotatable bonds is 6. The molecule has 0 radical (unpaired) electrons. The molecule has 4 aromatic rings. The molecule has 1 N–H and O–H groups in total. The maximum absolute atomic E-state index is 13.3. The van der Waals surface area contributed by atoms with Gasteiger partial charge >= 0.3 is 0 Å². The molecule has 0 saturated carbocycles. The molecule has 1 fully saturated rings. The Morgan fingerprint density at radius 2 is 1.75 bits per heavy atom. The zero-order valence-electron chi connectivity index (χ0n) is 19.7. The SMILES string of the molecule is N#C/C(=C\c1cn(Cc2ccc(F)cc2)c2ccccc12)C(=O)Nc1ccc(N2CCOCC2)cc1. The number of nitrogens with zero attached hydrogens (tertiary/aromatic N) is 3. The number of nitrogens with one attached hydrogen (secondary N) is 1. The zero-order chi connectivity index (χ0) is 24.9. The molecular weight excluding hydrogens is 455 g/mol. The van der Waals surface area contributed by atoms with Crippen molar-refractivity contribution in [3.05, 3.63) is 102 Å². The summed E-state index contributed by atoms with van der Waals surface area (Å²) in [7, 11) is 0. The van der Waals surface area contributed by atoms with Gasteiger partial charge < -0.3 is 19.5 Å². The van der Waals surface area contributed by atoms with E-state index in [2.05, 4.69) is 10.2 Å². The smallest absolute Gasteiger partial charge is 0.266 e. The number of benzene rings is 3. The number of amides is 1. The Morgan fingerprint density at radius 3 is 2.47 bits per heavy atom. The van der Waals surface area contributed by atoms with Crippen LogP contribution in [0.25, 0.3) is 17.0 Å². The van der Waals surface area contributed by atoms with Crippen molar-refractivity contribution >= 4 is 34.3 Å². The first-order valence-electron chi connectivity index (χ1n) is 11.8. The van der Waals surface area contributed by atoms with Gasteiger partial charge in [-0.2, -0.15) is 5.26 Å². The first-order chi connectivity index (χ1) is 17.6. The maximum Gasteiger partial charge on any atom is 0.266 e. The number of nitriles is 1. The van der Waals surface area contributed by atoms with Crippen LogP contribution in [0.15, 0.2) is 84.6 Å². The van der Waals surface area contributed by atoms with Crippen molar-refractivity contribution in [1.82, 2.24) is 4.57 Å². The van der Waals surface area contributed by atoms with E-state index >= 15 is 0 Å². The topological polar surface area (TPSA) is 70.3 Å². The fourth-order valence-corrected chi connectivity index (χ4v) is 4.39. The lowest BCUT2D eigenvalue weighted by Crippen LogP contribution is -2.36. The minimum absolute atomic E-state index is 0.0111. The number of carbonyl (C=O) groups excluding carboxylic acids is 1. The predicted octanol–water partition coefficient (Wildman–Crippen LogP) is 5.21. The lowest BCUT2D eigenvalue weighted by Gasteiger charge is -2.28. The van der Waals surface area contributed by atoms with E-state index in [0.29, 0.717) is 25.4 Å². The second-order valence-corrected chi connectivity index (χ2v) is 8.63. The summed E-state index contributed by atoms with van der Waals surface area (Å²) in [5.41, 5.74) is 4.38. The summed E-state index contributed by atoms with van der Waals surface area (Å²) < 4.78 is 20.7. The molecule has 0 spiro atoms. The summed E-state index contributed by atoms with van der Waals surface area (Å²) in [6.07, 6.45) is 3.52. The molecule has 0 bridgehead atoms. The van der Waals surface area contributed by atoms with Crippen LogP contribution in [0.2, 0.25) is 0 Å². The van der Waals surface area contributed by atoms with Crippen LogP contribution in [0.3, 0.4) is 0 Å². The summed E-state index contributed by atoms with van der Waals surface area (Å²) in [4.78, 5) is 15.2. The number of para-hydroxylation sites is 1. The molecule has 3 aromatic carbocycles. The average Bonchev–Trinajstić information content (AvgIpc) is 3.26. The zero-order valence-corrected chi connectivity index (χ0v) is 19.7. The molecule has 7 heteroatoms. The molecule has 0 unspecified atom stereocenters. The average molecular weight is 481 g/mol. The second-order valence-electron chi connectivity index (χ2n) is 8.63. The highest BCUT2D eigenvalue weighted by molar-refractivity contribution is 6.10. The van der Waals surface area contributed by atoms with E-state index in [1.807, 2.05) is 65.4 Å². The fraction of sp³-hybridized carbons (Fsp3) is 0.172. The number of hydrogen-bond acceptors (Lipinski definition) is 4. The van der Waals surface area contributed by atoms with Crippen LogP contribution >= 0.6 is 0 Å². The number of anilines is 2. The highest BCUT2D eigenvalue weighted by Crippen LogP contribution is 2.25. The van der Waals surface area contributed by atoms with E-state index in [4.69, 9.17) is 4.74 Å². The Bertz CT molecular complexity index is 1440.